The van der Waals surface area contributed by atoms with Crippen molar-refractivity contribution in [2.75, 3.05) is 0 Å². The third-order valence-corrected chi connectivity index (χ3v) is 2.19. The summed E-state index contributed by atoms with van der Waals surface area (Å²) in [7, 11) is 0. The van der Waals surface area contributed by atoms with Gasteiger partial charge in [0.25, 0.3) is 5.91 Å². The molecule has 0 aliphatic heterocycles. The van der Waals surface area contributed by atoms with E-state index < -0.39 is 18.0 Å². The predicted octanol–water partition coefficient (Wildman–Crippen LogP) is 0.851. The van der Waals surface area contributed by atoms with Gasteiger partial charge in [-0.2, -0.15) is 0 Å². The molecule has 1 aromatic carbocycles. The molecule has 0 aliphatic rings. The number of nitrogens with two attached hydrogens (primary N) is 1. The van der Waals surface area contributed by atoms with Crippen molar-refractivity contribution in [2.24, 2.45) is 5.73 Å². The number of ether oxygens (including phenoxy) is 1. The second-order valence-electron chi connectivity index (χ2n) is 3.69. The number of Topliss-reactive ketones (excluding diaryl/α,β-unsaturated/α-hetero) is 1. The van der Waals surface area contributed by atoms with Crippen LogP contribution in [0, 0.1) is 0 Å². The normalized spacial score (nSPS) is 11.4. The van der Waals surface area contributed by atoms with E-state index in [1.807, 2.05) is 5.32 Å². The Hall–Kier alpha value is -2.37. The van der Waals surface area contributed by atoms with Crippen LogP contribution in [0.5, 0.6) is 5.75 Å². The molecule has 6 nitrogen and oxygen atoms in total. The Morgan fingerprint density at radius 1 is 1.22 bits per heavy atom. The quantitative estimate of drug-likeness (QED) is 0.774. The van der Waals surface area contributed by atoms with E-state index in [9.17, 15) is 14.4 Å². The maximum Gasteiger partial charge on any atom is 0.318 e. The molecule has 1 rings (SSSR count). The van der Waals surface area contributed by atoms with Gasteiger partial charge >= 0.3 is 6.03 Å². The number of carbonyl (C=O) groups excluding carboxylic acids is 3. The molecule has 0 spiro atoms. The number of hydrogen-bond donors (Lipinski definition) is 2. The molecule has 3 amide bonds. The Labute approximate surface area is 104 Å². The lowest BCUT2D eigenvalue weighted by Gasteiger charge is -2.13. The maximum absolute atomic E-state index is 11.3. The van der Waals surface area contributed by atoms with Crippen LogP contribution in [0.2, 0.25) is 0 Å². The summed E-state index contributed by atoms with van der Waals surface area (Å²) in [5.41, 5.74) is 5.37. The third kappa shape index (κ3) is 3.89. The number of hydrogen-bond acceptors (Lipinski definition) is 4. The average molecular weight is 250 g/mol. The molecule has 1 aromatic rings. The number of imide groups is 1. The van der Waals surface area contributed by atoms with Gasteiger partial charge in [-0.1, -0.05) is 0 Å². The molecule has 0 bridgehead atoms. The van der Waals surface area contributed by atoms with Gasteiger partial charge in [-0.3, -0.25) is 14.9 Å². The Morgan fingerprint density at radius 3 is 2.22 bits per heavy atom. The standard InChI is InChI=1S/C12H14N2O4/c1-7(15)9-3-5-10(6-4-9)18-8(2)11(16)14-12(13)17/h3-6,8H,1-2H3,(H3,13,14,16,17)/t8-/m1/s1. The van der Waals surface area contributed by atoms with E-state index in [2.05, 4.69) is 0 Å². The second-order valence-corrected chi connectivity index (χ2v) is 3.69. The molecule has 0 saturated carbocycles. The lowest BCUT2D eigenvalue weighted by molar-refractivity contribution is -0.126. The summed E-state index contributed by atoms with van der Waals surface area (Å²) < 4.78 is 5.28. The first-order valence-electron chi connectivity index (χ1n) is 5.28. The number of ketones is 1. The summed E-state index contributed by atoms with van der Waals surface area (Å²) in [6, 6.07) is 5.41. The van der Waals surface area contributed by atoms with Crippen LogP contribution in [0.4, 0.5) is 4.79 Å². The van der Waals surface area contributed by atoms with Crippen molar-refractivity contribution in [3.63, 3.8) is 0 Å². The van der Waals surface area contributed by atoms with Crippen molar-refractivity contribution in [1.82, 2.24) is 5.32 Å². The van der Waals surface area contributed by atoms with Crippen molar-refractivity contribution in [3.8, 4) is 5.75 Å². The Balaban J connectivity index is 2.64. The predicted molar refractivity (Wildman–Crippen MR) is 64.3 cm³/mol. The summed E-state index contributed by atoms with van der Waals surface area (Å²) in [6.45, 7) is 2.94. The fourth-order valence-corrected chi connectivity index (χ4v) is 1.25. The largest absolute Gasteiger partial charge is 0.481 e. The van der Waals surface area contributed by atoms with Gasteiger partial charge < -0.3 is 10.5 Å². The molecule has 3 N–H and O–H groups in total. The summed E-state index contributed by atoms with van der Waals surface area (Å²) in [6.07, 6.45) is -0.860. The lowest BCUT2D eigenvalue weighted by atomic mass is 10.1. The van der Waals surface area contributed by atoms with Crippen molar-refractivity contribution in [1.29, 1.82) is 0 Å². The van der Waals surface area contributed by atoms with Gasteiger partial charge in [0.2, 0.25) is 0 Å². The molecule has 0 saturated heterocycles. The molecule has 6 heteroatoms. The molecular weight excluding hydrogens is 236 g/mol. The summed E-state index contributed by atoms with van der Waals surface area (Å²) in [5.74, 6) is -0.258. The number of benzene rings is 1. The number of nitrogens with one attached hydrogen (secondary N) is 1. The highest BCUT2D eigenvalue weighted by atomic mass is 16.5. The summed E-state index contributed by atoms with van der Waals surface area (Å²) >= 11 is 0. The van der Waals surface area contributed by atoms with E-state index in [-0.39, 0.29) is 5.78 Å². The molecule has 0 radical (unpaired) electrons. The number of amides is 3. The zero-order valence-electron chi connectivity index (χ0n) is 10.1. The average Bonchev–Trinajstić information content (AvgIpc) is 2.28. The van der Waals surface area contributed by atoms with Gasteiger partial charge in [-0.25, -0.2) is 4.79 Å². The zero-order valence-corrected chi connectivity index (χ0v) is 10.1. The van der Waals surface area contributed by atoms with E-state index in [0.29, 0.717) is 11.3 Å². The van der Waals surface area contributed by atoms with Crippen molar-refractivity contribution in [2.45, 2.75) is 20.0 Å². The van der Waals surface area contributed by atoms with Crippen LogP contribution in [0.25, 0.3) is 0 Å². The SMILES string of the molecule is CC(=O)c1ccc(O[C@H](C)C(=O)NC(N)=O)cc1. The van der Waals surface area contributed by atoms with Crippen molar-refractivity contribution in [3.05, 3.63) is 29.8 Å². The van der Waals surface area contributed by atoms with Crippen LogP contribution in [-0.2, 0) is 4.79 Å². The number of urea groups is 1. The van der Waals surface area contributed by atoms with Crippen molar-refractivity contribution < 1.29 is 19.1 Å². The molecule has 96 valence electrons. The minimum Gasteiger partial charge on any atom is -0.481 e. The van der Waals surface area contributed by atoms with Gasteiger partial charge in [0.15, 0.2) is 11.9 Å². The maximum atomic E-state index is 11.3. The smallest absolute Gasteiger partial charge is 0.318 e. The van der Waals surface area contributed by atoms with E-state index in [0.717, 1.165) is 0 Å². The summed E-state index contributed by atoms with van der Waals surface area (Å²) in [4.78, 5) is 32.9. The highest BCUT2D eigenvalue weighted by Crippen LogP contribution is 2.14. The molecular formula is C12H14N2O4. The highest BCUT2D eigenvalue weighted by molar-refractivity contribution is 5.96. The van der Waals surface area contributed by atoms with Crippen LogP contribution in [-0.4, -0.2) is 23.8 Å². The topological polar surface area (TPSA) is 98.5 Å². The van der Waals surface area contributed by atoms with Gasteiger partial charge in [-0.15, -0.1) is 0 Å². The van der Waals surface area contributed by atoms with Crippen LogP contribution >= 0.6 is 0 Å². The molecule has 0 aromatic heterocycles. The highest BCUT2D eigenvalue weighted by Gasteiger charge is 2.16. The minimum absolute atomic E-state index is 0.0546. The van der Waals surface area contributed by atoms with Crippen molar-refractivity contribution >= 4 is 17.7 Å². The second kappa shape index (κ2) is 5.81. The molecule has 0 heterocycles. The van der Waals surface area contributed by atoms with Crippen LogP contribution in [0.15, 0.2) is 24.3 Å². The van der Waals surface area contributed by atoms with Gasteiger partial charge in [0, 0.05) is 5.56 Å². The fraction of sp³-hybridized carbons (Fsp3) is 0.250. The zero-order chi connectivity index (χ0) is 13.7. The van der Waals surface area contributed by atoms with E-state index in [1.165, 1.54) is 13.8 Å². The molecule has 0 fully saturated rings. The molecule has 0 unspecified atom stereocenters. The minimum atomic E-state index is -0.928. The monoisotopic (exact) mass is 250 g/mol. The summed E-state index contributed by atoms with van der Waals surface area (Å²) in [5, 5.41) is 1.91. The lowest BCUT2D eigenvalue weighted by Crippen LogP contribution is -2.42. The molecule has 0 aliphatic carbocycles. The Kier molecular flexibility index (Phi) is 4.42. The fourth-order valence-electron chi connectivity index (χ4n) is 1.25. The van der Waals surface area contributed by atoms with Crippen LogP contribution < -0.4 is 15.8 Å². The number of carbonyl (C=O) groups is 3. The Morgan fingerprint density at radius 2 is 1.78 bits per heavy atom. The first-order chi connectivity index (χ1) is 8.40. The van der Waals surface area contributed by atoms with Crippen LogP contribution in [0.1, 0.15) is 24.2 Å². The number of primary amides is 1. The first-order valence-corrected chi connectivity index (χ1v) is 5.28. The Bertz CT molecular complexity index is 467. The number of rotatable bonds is 4. The third-order valence-electron chi connectivity index (χ3n) is 2.19. The molecule has 18 heavy (non-hydrogen) atoms. The van der Waals surface area contributed by atoms with Crippen LogP contribution in [0.3, 0.4) is 0 Å². The van der Waals surface area contributed by atoms with E-state index in [4.69, 9.17) is 10.5 Å². The van der Waals surface area contributed by atoms with Gasteiger partial charge in [0.05, 0.1) is 0 Å². The first kappa shape index (κ1) is 13.7. The van der Waals surface area contributed by atoms with E-state index >= 15 is 0 Å². The molecule has 1 atom stereocenters. The van der Waals surface area contributed by atoms with E-state index in [1.54, 1.807) is 24.3 Å². The van der Waals surface area contributed by atoms with Gasteiger partial charge in [0.1, 0.15) is 5.75 Å². The van der Waals surface area contributed by atoms with Gasteiger partial charge in [-0.05, 0) is 38.1 Å².